The minimum Gasteiger partial charge on any atom is -0.352 e. The third kappa shape index (κ3) is 10.8. The summed E-state index contributed by atoms with van der Waals surface area (Å²) in [5, 5.41) is 6.58. The molecule has 1 aliphatic heterocycles. The smallest absolute Gasteiger partial charge is 0.220 e. The first-order valence-electron chi connectivity index (χ1n) is 9.33. The molecule has 1 unspecified atom stereocenters. The lowest BCUT2D eigenvalue weighted by molar-refractivity contribution is -0.121. The van der Waals surface area contributed by atoms with Gasteiger partial charge < -0.3 is 10.6 Å². The molecule has 124 valence electrons. The highest BCUT2D eigenvalue weighted by molar-refractivity contribution is 5.76. The lowest BCUT2D eigenvalue weighted by Crippen LogP contribution is -2.40. The van der Waals surface area contributed by atoms with Crippen LogP contribution in [0.2, 0.25) is 0 Å². The lowest BCUT2D eigenvalue weighted by Gasteiger charge is -2.16. The van der Waals surface area contributed by atoms with Crippen molar-refractivity contribution >= 4 is 5.91 Å². The molecule has 0 aromatic heterocycles. The monoisotopic (exact) mass is 296 g/mol. The van der Waals surface area contributed by atoms with Gasteiger partial charge in [-0.2, -0.15) is 0 Å². The zero-order chi connectivity index (χ0) is 15.2. The molecule has 0 aliphatic carbocycles. The van der Waals surface area contributed by atoms with Crippen LogP contribution in [0.4, 0.5) is 0 Å². The zero-order valence-electron chi connectivity index (χ0n) is 14.1. The van der Waals surface area contributed by atoms with Crippen LogP contribution in [0.15, 0.2) is 0 Å². The molecule has 0 saturated carbocycles. The van der Waals surface area contributed by atoms with E-state index >= 15 is 0 Å². The fourth-order valence-electron chi connectivity index (χ4n) is 3.04. The van der Waals surface area contributed by atoms with Gasteiger partial charge in [-0.05, 0) is 25.8 Å². The molecule has 0 bridgehead atoms. The normalized spacial score (nSPS) is 19.2. The predicted molar refractivity (Wildman–Crippen MR) is 90.5 cm³/mol. The third-order valence-electron chi connectivity index (χ3n) is 4.42. The van der Waals surface area contributed by atoms with Gasteiger partial charge in [-0.3, -0.25) is 4.79 Å². The second kappa shape index (κ2) is 13.1. The molecule has 0 radical (unpaired) electrons. The van der Waals surface area contributed by atoms with Crippen molar-refractivity contribution in [1.29, 1.82) is 0 Å². The maximum atomic E-state index is 11.9. The van der Waals surface area contributed by atoms with E-state index in [0.29, 0.717) is 12.5 Å². The molecular weight excluding hydrogens is 260 g/mol. The molecule has 1 saturated heterocycles. The van der Waals surface area contributed by atoms with Gasteiger partial charge in [0.15, 0.2) is 0 Å². The highest BCUT2D eigenvalue weighted by atomic mass is 16.1. The molecule has 0 aromatic carbocycles. The summed E-state index contributed by atoms with van der Waals surface area (Å²) in [6.07, 6.45) is 16.1. The SMILES string of the molecule is CCCCCCCCCCCC(=O)NC1CCCCNC1. The number of carbonyl (C=O) groups excluding carboxylic acids is 1. The van der Waals surface area contributed by atoms with Crippen molar-refractivity contribution in [3.8, 4) is 0 Å². The Balaban J connectivity index is 1.88. The van der Waals surface area contributed by atoms with Gasteiger partial charge >= 0.3 is 0 Å². The fourth-order valence-corrected chi connectivity index (χ4v) is 3.04. The topological polar surface area (TPSA) is 41.1 Å². The molecule has 0 aromatic rings. The van der Waals surface area contributed by atoms with E-state index in [1.807, 2.05) is 0 Å². The molecule has 1 fully saturated rings. The number of hydrogen-bond acceptors (Lipinski definition) is 2. The van der Waals surface area contributed by atoms with Crippen LogP contribution in [0.5, 0.6) is 0 Å². The standard InChI is InChI=1S/C18H36N2O/c1-2-3-4-5-6-7-8-9-10-14-18(21)20-17-13-11-12-15-19-16-17/h17,19H,2-16H2,1H3,(H,20,21). The Labute approximate surface area is 131 Å². The molecule has 1 amide bonds. The van der Waals surface area contributed by atoms with Gasteiger partial charge in [0.05, 0.1) is 0 Å². The van der Waals surface area contributed by atoms with E-state index in [4.69, 9.17) is 0 Å². The zero-order valence-corrected chi connectivity index (χ0v) is 14.1. The van der Waals surface area contributed by atoms with E-state index in [2.05, 4.69) is 17.6 Å². The van der Waals surface area contributed by atoms with Crippen molar-refractivity contribution in [2.24, 2.45) is 0 Å². The molecular formula is C18H36N2O. The van der Waals surface area contributed by atoms with Crippen molar-refractivity contribution in [2.45, 2.75) is 96.4 Å². The Morgan fingerprint density at radius 2 is 1.67 bits per heavy atom. The Morgan fingerprint density at radius 1 is 1.00 bits per heavy atom. The van der Waals surface area contributed by atoms with E-state index in [0.717, 1.165) is 25.9 Å². The van der Waals surface area contributed by atoms with Crippen molar-refractivity contribution in [2.75, 3.05) is 13.1 Å². The summed E-state index contributed by atoms with van der Waals surface area (Å²) >= 11 is 0. The van der Waals surface area contributed by atoms with Crippen molar-refractivity contribution in [1.82, 2.24) is 10.6 Å². The van der Waals surface area contributed by atoms with Crippen LogP contribution in [-0.2, 0) is 4.79 Å². The van der Waals surface area contributed by atoms with Gasteiger partial charge in [-0.25, -0.2) is 0 Å². The van der Waals surface area contributed by atoms with Crippen LogP contribution < -0.4 is 10.6 Å². The average molecular weight is 296 g/mol. The lowest BCUT2D eigenvalue weighted by atomic mass is 10.1. The predicted octanol–water partition coefficient (Wildman–Crippen LogP) is 4.17. The van der Waals surface area contributed by atoms with Crippen molar-refractivity contribution in [3.63, 3.8) is 0 Å². The first-order valence-corrected chi connectivity index (χ1v) is 9.33. The highest BCUT2D eigenvalue weighted by Crippen LogP contribution is 2.11. The van der Waals surface area contributed by atoms with Gasteiger partial charge in [-0.15, -0.1) is 0 Å². The molecule has 0 spiro atoms. The van der Waals surface area contributed by atoms with Crippen LogP contribution in [0.3, 0.4) is 0 Å². The van der Waals surface area contributed by atoms with E-state index < -0.39 is 0 Å². The van der Waals surface area contributed by atoms with Crippen LogP contribution >= 0.6 is 0 Å². The van der Waals surface area contributed by atoms with Crippen molar-refractivity contribution < 1.29 is 4.79 Å². The summed E-state index contributed by atoms with van der Waals surface area (Å²) in [5.74, 6) is 0.256. The van der Waals surface area contributed by atoms with E-state index in [1.165, 1.54) is 64.2 Å². The Hall–Kier alpha value is -0.570. The van der Waals surface area contributed by atoms with Crippen LogP contribution in [0.25, 0.3) is 0 Å². The number of amides is 1. The first-order chi connectivity index (χ1) is 10.3. The average Bonchev–Trinajstić information content (AvgIpc) is 2.74. The summed E-state index contributed by atoms with van der Waals surface area (Å²) in [7, 11) is 0. The Kier molecular flexibility index (Phi) is 11.5. The summed E-state index contributed by atoms with van der Waals surface area (Å²) < 4.78 is 0. The summed E-state index contributed by atoms with van der Waals surface area (Å²) in [4.78, 5) is 11.9. The van der Waals surface area contributed by atoms with Gasteiger partial charge in [0, 0.05) is 19.0 Å². The molecule has 1 atom stereocenters. The first kappa shape index (κ1) is 18.5. The number of unbranched alkanes of at least 4 members (excludes halogenated alkanes) is 8. The summed E-state index contributed by atoms with van der Waals surface area (Å²) in [5.41, 5.74) is 0. The molecule has 3 heteroatoms. The minimum atomic E-state index is 0.256. The molecule has 21 heavy (non-hydrogen) atoms. The number of hydrogen-bond donors (Lipinski definition) is 2. The largest absolute Gasteiger partial charge is 0.352 e. The van der Waals surface area contributed by atoms with Crippen LogP contribution in [-0.4, -0.2) is 25.0 Å². The van der Waals surface area contributed by atoms with Gasteiger partial charge in [0.1, 0.15) is 0 Å². The highest BCUT2D eigenvalue weighted by Gasteiger charge is 2.13. The second-order valence-corrected chi connectivity index (χ2v) is 6.54. The molecule has 3 nitrogen and oxygen atoms in total. The number of rotatable bonds is 11. The van der Waals surface area contributed by atoms with Crippen LogP contribution in [0.1, 0.15) is 90.4 Å². The van der Waals surface area contributed by atoms with Gasteiger partial charge in [0.25, 0.3) is 0 Å². The maximum absolute atomic E-state index is 11.9. The van der Waals surface area contributed by atoms with E-state index in [9.17, 15) is 4.79 Å². The fraction of sp³-hybridized carbons (Fsp3) is 0.944. The van der Waals surface area contributed by atoms with Gasteiger partial charge in [-0.1, -0.05) is 64.7 Å². The third-order valence-corrected chi connectivity index (χ3v) is 4.42. The quantitative estimate of drug-likeness (QED) is 0.562. The molecule has 1 heterocycles. The number of carbonyl (C=O) groups is 1. The Morgan fingerprint density at radius 3 is 2.38 bits per heavy atom. The maximum Gasteiger partial charge on any atom is 0.220 e. The second-order valence-electron chi connectivity index (χ2n) is 6.54. The summed E-state index contributed by atoms with van der Waals surface area (Å²) in [6, 6.07) is 0.360. The van der Waals surface area contributed by atoms with Crippen LogP contribution in [0, 0.1) is 0 Å². The van der Waals surface area contributed by atoms with E-state index in [1.54, 1.807) is 0 Å². The van der Waals surface area contributed by atoms with Gasteiger partial charge in [0.2, 0.25) is 5.91 Å². The van der Waals surface area contributed by atoms with Crippen molar-refractivity contribution in [3.05, 3.63) is 0 Å². The summed E-state index contributed by atoms with van der Waals surface area (Å²) in [6.45, 7) is 4.31. The Bertz CT molecular complexity index is 248. The number of nitrogens with one attached hydrogen (secondary N) is 2. The van der Waals surface area contributed by atoms with E-state index in [-0.39, 0.29) is 5.91 Å². The minimum absolute atomic E-state index is 0.256. The molecule has 2 N–H and O–H groups in total. The molecule has 1 aliphatic rings. The molecule has 1 rings (SSSR count).